The first-order valence-electron chi connectivity index (χ1n) is 4.75. The van der Waals surface area contributed by atoms with Crippen molar-refractivity contribution < 1.29 is 0 Å². The van der Waals surface area contributed by atoms with Crippen LogP contribution < -0.4 is 11.1 Å². The summed E-state index contributed by atoms with van der Waals surface area (Å²) in [6.07, 6.45) is 3.38. The standard InChI is InChI=1S/C10H9N5S2/c11-3-7-1-2-8(13-4-7)15-10-14-5-9(17-10)16-6-12/h1-2,4-5H,3,11H2,(H,13,14,15). The van der Waals surface area contributed by atoms with Gasteiger partial charge in [0.1, 0.15) is 11.2 Å². The van der Waals surface area contributed by atoms with Gasteiger partial charge in [-0.25, -0.2) is 9.97 Å². The monoisotopic (exact) mass is 263 g/mol. The molecule has 7 heteroatoms. The molecule has 0 amide bonds. The average molecular weight is 263 g/mol. The highest BCUT2D eigenvalue weighted by molar-refractivity contribution is 8.05. The number of nitriles is 1. The summed E-state index contributed by atoms with van der Waals surface area (Å²) in [7, 11) is 0. The van der Waals surface area contributed by atoms with Crippen LogP contribution in [0, 0.1) is 10.7 Å². The second-order valence-corrected chi connectivity index (χ2v) is 5.17. The maximum Gasteiger partial charge on any atom is 0.189 e. The van der Waals surface area contributed by atoms with Crippen LogP contribution in [-0.4, -0.2) is 9.97 Å². The van der Waals surface area contributed by atoms with Crippen molar-refractivity contribution in [3.63, 3.8) is 0 Å². The lowest BCUT2D eigenvalue weighted by Crippen LogP contribution is -1.98. The van der Waals surface area contributed by atoms with E-state index in [0.717, 1.165) is 26.7 Å². The second-order valence-electron chi connectivity index (χ2n) is 3.06. The van der Waals surface area contributed by atoms with Gasteiger partial charge in [-0.15, -0.1) is 0 Å². The second kappa shape index (κ2) is 5.63. The molecule has 86 valence electrons. The number of rotatable bonds is 4. The van der Waals surface area contributed by atoms with Gasteiger partial charge in [0.25, 0.3) is 0 Å². The maximum absolute atomic E-state index is 8.52. The Labute approximate surface area is 107 Å². The first-order valence-corrected chi connectivity index (χ1v) is 6.39. The largest absolute Gasteiger partial charge is 0.326 e. The van der Waals surface area contributed by atoms with Crippen LogP contribution in [0.3, 0.4) is 0 Å². The van der Waals surface area contributed by atoms with E-state index in [1.54, 1.807) is 12.4 Å². The number of hydrogen-bond donors (Lipinski definition) is 2. The Morgan fingerprint density at radius 3 is 2.94 bits per heavy atom. The molecule has 2 rings (SSSR count). The molecule has 0 unspecified atom stereocenters. The van der Waals surface area contributed by atoms with E-state index in [1.807, 2.05) is 17.5 Å². The minimum absolute atomic E-state index is 0.480. The lowest BCUT2D eigenvalue weighted by molar-refractivity contribution is 1.05. The van der Waals surface area contributed by atoms with Gasteiger partial charge in [0.05, 0.1) is 10.4 Å². The number of pyridine rings is 1. The Hall–Kier alpha value is -1.62. The third-order valence-electron chi connectivity index (χ3n) is 1.93. The van der Waals surface area contributed by atoms with E-state index in [0.29, 0.717) is 12.4 Å². The number of nitrogens with two attached hydrogens (primary N) is 1. The van der Waals surface area contributed by atoms with E-state index in [1.165, 1.54) is 11.3 Å². The zero-order valence-corrected chi connectivity index (χ0v) is 10.4. The van der Waals surface area contributed by atoms with Crippen LogP contribution in [-0.2, 0) is 6.54 Å². The Kier molecular flexibility index (Phi) is 3.93. The van der Waals surface area contributed by atoms with E-state index in [4.69, 9.17) is 11.0 Å². The number of aromatic nitrogens is 2. The van der Waals surface area contributed by atoms with Crippen LogP contribution in [0.15, 0.2) is 28.7 Å². The number of thiazole rings is 1. The van der Waals surface area contributed by atoms with Gasteiger partial charge in [0, 0.05) is 24.5 Å². The Balaban J connectivity index is 2.06. The molecule has 0 fully saturated rings. The number of thiocyanates is 1. The Morgan fingerprint density at radius 2 is 2.29 bits per heavy atom. The first kappa shape index (κ1) is 11.9. The fraction of sp³-hybridized carbons (Fsp3) is 0.100. The van der Waals surface area contributed by atoms with Gasteiger partial charge in [0.2, 0.25) is 0 Å². The summed E-state index contributed by atoms with van der Waals surface area (Å²) in [6.45, 7) is 0.480. The molecule has 0 spiro atoms. The predicted molar refractivity (Wildman–Crippen MR) is 69.0 cm³/mol. The third kappa shape index (κ3) is 3.17. The lowest BCUT2D eigenvalue weighted by atomic mass is 10.3. The van der Waals surface area contributed by atoms with E-state index in [9.17, 15) is 0 Å². The number of nitrogens with zero attached hydrogens (tertiary/aromatic N) is 3. The van der Waals surface area contributed by atoms with Gasteiger partial charge in [-0.3, -0.25) is 0 Å². The first-order chi connectivity index (χ1) is 8.31. The van der Waals surface area contributed by atoms with Crippen molar-refractivity contribution in [1.82, 2.24) is 9.97 Å². The van der Waals surface area contributed by atoms with Crippen molar-refractivity contribution in [1.29, 1.82) is 5.26 Å². The maximum atomic E-state index is 8.52. The minimum atomic E-state index is 0.480. The van der Waals surface area contributed by atoms with Crippen molar-refractivity contribution in [2.45, 2.75) is 10.8 Å². The zero-order chi connectivity index (χ0) is 12.1. The molecular formula is C10H9N5S2. The summed E-state index contributed by atoms with van der Waals surface area (Å²) in [5, 5.41) is 14.3. The highest BCUT2D eigenvalue weighted by Gasteiger charge is 2.03. The quantitative estimate of drug-likeness (QED) is 0.650. The lowest BCUT2D eigenvalue weighted by Gasteiger charge is -2.01. The molecule has 0 aliphatic heterocycles. The highest BCUT2D eigenvalue weighted by atomic mass is 32.2. The van der Waals surface area contributed by atoms with Crippen LogP contribution in [0.25, 0.3) is 0 Å². The summed E-state index contributed by atoms with van der Waals surface area (Å²) >= 11 is 2.51. The van der Waals surface area contributed by atoms with Gasteiger partial charge >= 0.3 is 0 Å². The minimum Gasteiger partial charge on any atom is -0.326 e. The number of thioether (sulfide) groups is 1. The zero-order valence-electron chi connectivity index (χ0n) is 8.75. The van der Waals surface area contributed by atoms with Crippen LogP contribution >= 0.6 is 23.1 Å². The summed E-state index contributed by atoms with van der Waals surface area (Å²) in [4.78, 5) is 8.35. The highest BCUT2D eigenvalue weighted by Crippen LogP contribution is 2.28. The van der Waals surface area contributed by atoms with E-state index >= 15 is 0 Å². The predicted octanol–water partition coefficient (Wildman–Crippen LogP) is 2.31. The molecule has 0 bridgehead atoms. The van der Waals surface area contributed by atoms with Gasteiger partial charge in [-0.2, -0.15) is 5.26 Å². The van der Waals surface area contributed by atoms with Crippen molar-refractivity contribution in [2.75, 3.05) is 5.32 Å². The van der Waals surface area contributed by atoms with Gasteiger partial charge in [-0.05, 0) is 11.6 Å². The molecule has 0 aliphatic rings. The molecule has 2 aromatic rings. The van der Waals surface area contributed by atoms with Gasteiger partial charge in [0.15, 0.2) is 5.13 Å². The van der Waals surface area contributed by atoms with E-state index in [-0.39, 0.29) is 0 Å². The molecule has 0 aliphatic carbocycles. The van der Waals surface area contributed by atoms with Crippen LogP contribution in [0.1, 0.15) is 5.56 Å². The molecule has 0 saturated heterocycles. The number of hydrogen-bond acceptors (Lipinski definition) is 7. The topological polar surface area (TPSA) is 87.6 Å². The molecular weight excluding hydrogens is 254 g/mol. The number of nitrogens with one attached hydrogen (secondary N) is 1. The summed E-state index contributed by atoms with van der Waals surface area (Å²) in [5.41, 5.74) is 6.47. The molecule has 2 aromatic heterocycles. The molecule has 0 radical (unpaired) electrons. The molecule has 0 atom stereocenters. The van der Waals surface area contributed by atoms with Gasteiger partial charge in [-0.1, -0.05) is 17.4 Å². The van der Waals surface area contributed by atoms with Crippen molar-refractivity contribution in [3.8, 4) is 5.40 Å². The van der Waals surface area contributed by atoms with Crippen molar-refractivity contribution >= 4 is 34.0 Å². The smallest absolute Gasteiger partial charge is 0.189 e. The third-order valence-corrected chi connectivity index (χ3v) is 3.53. The molecule has 0 saturated carbocycles. The number of anilines is 2. The van der Waals surface area contributed by atoms with Crippen LogP contribution in [0.5, 0.6) is 0 Å². The molecule has 3 N–H and O–H groups in total. The normalized spacial score (nSPS) is 9.88. The average Bonchev–Trinajstić information content (AvgIpc) is 2.78. The molecule has 2 heterocycles. The SMILES string of the molecule is N#CSc1cnc(Nc2ccc(CN)cn2)s1. The fourth-order valence-electron chi connectivity index (χ4n) is 1.14. The summed E-state index contributed by atoms with van der Waals surface area (Å²) in [6, 6.07) is 3.76. The van der Waals surface area contributed by atoms with Crippen molar-refractivity contribution in [2.24, 2.45) is 5.73 Å². The van der Waals surface area contributed by atoms with E-state index < -0.39 is 0 Å². The van der Waals surface area contributed by atoms with Crippen molar-refractivity contribution in [3.05, 3.63) is 30.1 Å². The van der Waals surface area contributed by atoms with Crippen LogP contribution in [0.2, 0.25) is 0 Å². The fourth-order valence-corrected chi connectivity index (χ4v) is 2.41. The van der Waals surface area contributed by atoms with Crippen LogP contribution in [0.4, 0.5) is 10.9 Å². The molecule has 17 heavy (non-hydrogen) atoms. The summed E-state index contributed by atoms with van der Waals surface area (Å²) < 4.78 is 0.855. The summed E-state index contributed by atoms with van der Waals surface area (Å²) in [5.74, 6) is 0.713. The van der Waals surface area contributed by atoms with Gasteiger partial charge < -0.3 is 11.1 Å². The molecule has 0 aromatic carbocycles. The Morgan fingerprint density at radius 1 is 1.41 bits per heavy atom. The Bertz CT molecular complexity index is 528. The molecule has 5 nitrogen and oxygen atoms in total. The van der Waals surface area contributed by atoms with E-state index in [2.05, 4.69) is 15.3 Å².